The molecule has 0 amide bonds. The molecule has 0 aliphatic rings. The molecular weight excluding hydrogens is 281 g/mol. The molecule has 0 aliphatic heterocycles. The summed E-state index contributed by atoms with van der Waals surface area (Å²) in [6, 6.07) is 8.91. The number of benzene rings is 1. The van der Waals surface area contributed by atoms with Crippen molar-refractivity contribution >= 4 is 29.0 Å². The summed E-state index contributed by atoms with van der Waals surface area (Å²) in [4.78, 5) is 16.4. The third-order valence-electron chi connectivity index (χ3n) is 2.89. The molecule has 0 radical (unpaired) electrons. The number of aromatic nitrogens is 1. The first-order valence-electron chi connectivity index (χ1n) is 6.03. The van der Waals surface area contributed by atoms with Gasteiger partial charge in [-0.3, -0.25) is 9.78 Å². The van der Waals surface area contributed by atoms with Gasteiger partial charge < -0.3 is 0 Å². The smallest absolute Gasteiger partial charge is 0.170 e. The predicted octanol–water partition coefficient (Wildman–Crippen LogP) is 4.38. The molecule has 2 rings (SSSR count). The summed E-state index contributed by atoms with van der Waals surface area (Å²) in [7, 11) is 0. The number of rotatable bonds is 4. The largest absolute Gasteiger partial charge is 0.294 e. The van der Waals surface area contributed by atoms with Gasteiger partial charge in [0.05, 0.1) is 16.5 Å². The number of pyridine rings is 1. The summed E-state index contributed by atoms with van der Waals surface area (Å²) in [6.45, 7) is 2.06. The molecule has 2 aromatic rings. The summed E-state index contributed by atoms with van der Waals surface area (Å²) < 4.78 is 0. The molecule has 1 heterocycles. The van der Waals surface area contributed by atoms with Gasteiger partial charge in [-0.05, 0) is 30.2 Å². The number of Topliss-reactive ketones (excluding diaryl/α,β-unsaturated/α-hetero) is 1. The molecule has 0 saturated heterocycles. The van der Waals surface area contributed by atoms with E-state index in [-0.39, 0.29) is 12.2 Å². The maximum Gasteiger partial charge on any atom is 0.170 e. The van der Waals surface area contributed by atoms with Gasteiger partial charge in [0.25, 0.3) is 0 Å². The molecule has 1 aromatic heterocycles. The highest BCUT2D eigenvalue weighted by molar-refractivity contribution is 6.43. The minimum Gasteiger partial charge on any atom is -0.294 e. The molecule has 0 aliphatic carbocycles. The molecule has 0 unspecified atom stereocenters. The van der Waals surface area contributed by atoms with Gasteiger partial charge in [-0.15, -0.1) is 0 Å². The third-order valence-corrected chi connectivity index (χ3v) is 3.71. The molecule has 19 heavy (non-hydrogen) atoms. The lowest BCUT2D eigenvalue weighted by molar-refractivity contribution is 0.0992. The molecule has 0 atom stereocenters. The van der Waals surface area contributed by atoms with Crippen LogP contribution in [0.5, 0.6) is 0 Å². The second kappa shape index (κ2) is 6.18. The molecule has 0 saturated carbocycles. The van der Waals surface area contributed by atoms with E-state index < -0.39 is 0 Å². The van der Waals surface area contributed by atoms with Crippen molar-refractivity contribution < 1.29 is 4.79 Å². The SMILES string of the molecule is CCc1ccc(CC(=O)c2cccc(Cl)c2Cl)nc1. The van der Waals surface area contributed by atoms with Crippen LogP contribution < -0.4 is 0 Å². The van der Waals surface area contributed by atoms with Crippen molar-refractivity contribution in [2.75, 3.05) is 0 Å². The quantitative estimate of drug-likeness (QED) is 0.783. The predicted molar refractivity (Wildman–Crippen MR) is 78.1 cm³/mol. The fourth-order valence-corrected chi connectivity index (χ4v) is 2.15. The van der Waals surface area contributed by atoms with Crippen LogP contribution in [0, 0.1) is 0 Å². The lowest BCUT2D eigenvalue weighted by Gasteiger charge is -2.05. The zero-order chi connectivity index (χ0) is 13.8. The number of carbonyl (C=O) groups is 1. The van der Waals surface area contributed by atoms with Crippen LogP contribution >= 0.6 is 23.2 Å². The average Bonchev–Trinajstić information content (AvgIpc) is 2.42. The zero-order valence-corrected chi connectivity index (χ0v) is 12.0. The van der Waals surface area contributed by atoms with Crippen LogP contribution in [0.15, 0.2) is 36.5 Å². The second-order valence-corrected chi connectivity index (χ2v) is 5.00. The molecule has 98 valence electrons. The first-order valence-corrected chi connectivity index (χ1v) is 6.78. The van der Waals surface area contributed by atoms with E-state index in [0.717, 1.165) is 17.7 Å². The third kappa shape index (κ3) is 3.34. The Hall–Kier alpha value is -1.38. The van der Waals surface area contributed by atoms with Gasteiger partial charge in [0.1, 0.15) is 0 Å². The first-order chi connectivity index (χ1) is 9.11. The van der Waals surface area contributed by atoms with E-state index in [0.29, 0.717) is 15.6 Å². The number of halogens is 2. The highest BCUT2D eigenvalue weighted by Crippen LogP contribution is 2.26. The molecule has 2 nitrogen and oxygen atoms in total. The van der Waals surface area contributed by atoms with Crippen LogP contribution in [0.3, 0.4) is 0 Å². The standard InChI is InChI=1S/C15H13Cl2NO/c1-2-10-6-7-11(18-9-10)8-14(19)12-4-3-5-13(16)15(12)17/h3-7,9H,2,8H2,1H3. The molecule has 0 bridgehead atoms. The highest BCUT2D eigenvalue weighted by atomic mass is 35.5. The molecule has 0 fully saturated rings. The van der Waals surface area contributed by atoms with Crippen molar-refractivity contribution in [2.24, 2.45) is 0 Å². The summed E-state index contributed by atoms with van der Waals surface area (Å²) >= 11 is 11.9. The lowest BCUT2D eigenvalue weighted by atomic mass is 10.1. The van der Waals surface area contributed by atoms with Crippen molar-refractivity contribution in [3.05, 3.63) is 63.4 Å². The van der Waals surface area contributed by atoms with Crippen LogP contribution in [0.1, 0.15) is 28.5 Å². The van der Waals surface area contributed by atoms with Crippen LogP contribution in [-0.4, -0.2) is 10.8 Å². The van der Waals surface area contributed by atoms with Crippen molar-refractivity contribution in [3.8, 4) is 0 Å². The van der Waals surface area contributed by atoms with Gasteiger partial charge in [0.2, 0.25) is 0 Å². The molecule has 0 spiro atoms. The number of carbonyl (C=O) groups excluding carboxylic acids is 1. The number of nitrogens with zero attached hydrogens (tertiary/aromatic N) is 1. The normalized spacial score (nSPS) is 10.5. The summed E-state index contributed by atoms with van der Waals surface area (Å²) in [5, 5.41) is 0.696. The van der Waals surface area contributed by atoms with Crippen molar-refractivity contribution in [1.29, 1.82) is 0 Å². The molecule has 4 heteroatoms. The Balaban J connectivity index is 2.18. The van der Waals surface area contributed by atoms with Gasteiger partial charge >= 0.3 is 0 Å². The van der Waals surface area contributed by atoms with E-state index >= 15 is 0 Å². The fraction of sp³-hybridized carbons (Fsp3) is 0.200. The van der Waals surface area contributed by atoms with Crippen LogP contribution in [0.25, 0.3) is 0 Å². The van der Waals surface area contributed by atoms with E-state index in [1.807, 2.05) is 12.1 Å². The molecule has 0 N–H and O–H groups in total. The maximum absolute atomic E-state index is 12.2. The van der Waals surface area contributed by atoms with Gasteiger partial charge in [-0.2, -0.15) is 0 Å². The molecular formula is C15H13Cl2NO. The van der Waals surface area contributed by atoms with E-state index in [1.54, 1.807) is 24.4 Å². The fourth-order valence-electron chi connectivity index (χ4n) is 1.75. The number of hydrogen-bond donors (Lipinski definition) is 0. The summed E-state index contributed by atoms with van der Waals surface area (Å²) in [5.41, 5.74) is 2.32. The highest BCUT2D eigenvalue weighted by Gasteiger charge is 2.13. The first kappa shape index (κ1) is 14.0. The van der Waals surface area contributed by atoms with Crippen LogP contribution in [-0.2, 0) is 12.8 Å². The Kier molecular flexibility index (Phi) is 4.56. The van der Waals surface area contributed by atoms with Crippen LogP contribution in [0.4, 0.5) is 0 Å². The Bertz CT molecular complexity index is 594. The Morgan fingerprint density at radius 1 is 1.21 bits per heavy atom. The zero-order valence-electron chi connectivity index (χ0n) is 10.5. The lowest BCUT2D eigenvalue weighted by Crippen LogP contribution is -2.06. The topological polar surface area (TPSA) is 30.0 Å². The number of hydrogen-bond acceptors (Lipinski definition) is 2. The van der Waals surface area contributed by atoms with Gasteiger partial charge in [0.15, 0.2) is 5.78 Å². The number of ketones is 1. The average molecular weight is 294 g/mol. The maximum atomic E-state index is 12.2. The van der Waals surface area contributed by atoms with E-state index in [1.165, 1.54) is 0 Å². The van der Waals surface area contributed by atoms with Crippen molar-refractivity contribution in [2.45, 2.75) is 19.8 Å². The number of aryl methyl sites for hydroxylation is 1. The Morgan fingerprint density at radius 2 is 2.00 bits per heavy atom. The van der Waals surface area contributed by atoms with Crippen LogP contribution in [0.2, 0.25) is 10.0 Å². The Labute approximate surface area is 122 Å². The van der Waals surface area contributed by atoms with Gasteiger partial charge in [-0.1, -0.05) is 42.3 Å². The van der Waals surface area contributed by atoms with Crippen molar-refractivity contribution in [3.63, 3.8) is 0 Å². The second-order valence-electron chi connectivity index (χ2n) is 4.21. The molecule has 1 aromatic carbocycles. The minimum atomic E-state index is -0.0794. The van der Waals surface area contributed by atoms with E-state index in [4.69, 9.17) is 23.2 Å². The van der Waals surface area contributed by atoms with E-state index in [2.05, 4.69) is 11.9 Å². The van der Waals surface area contributed by atoms with Crippen molar-refractivity contribution in [1.82, 2.24) is 4.98 Å². The van der Waals surface area contributed by atoms with E-state index in [9.17, 15) is 4.79 Å². The summed E-state index contributed by atoms with van der Waals surface area (Å²) in [5.74, 6) is -0.0794. The monoisotopic (exact) mass is 293 g/mol. The minimum absolute atomic E-state index is 0.0794. The summed E-state index contributed by atoms with van der Waals surface area (Å²) in [6.07, 6.45) is 2.95. The Morgan fingerprint density at radius 3 is 2.63 bits per heavy atom. The van der Waals surface area contributed by atoms with Gasteiger partial charge in [-0.25, -0.2) is 0 Å². The van der Waals surface area contributed by atoms with Gasteiger partial charge in [0, 0.05) is 17.5 Å².